The molecule has 0 aliphatic carbocycles. The van der Waals surface area contributed by atoms with Crippen LogP contribution in [0.1, 0.15) is 12.0 Å². The number of benzene rings is 2. The topological polar surface area (TPSA) is 51.1 Å². The van der Waals surface area contributed by atoms with Crippen molar-refractivity contribution in [1.82, 2.24) is 0 Å². The predicted molar refractivity (Wildman–Crippen MR) is 88.9 cm³/mol. The van der Waals surface area contributed by atoms with Gasteiger partial charge in [0.05, 0.1) is 18.5 Å². The Bertz CT molecular complexity index is 728. The van der Waals surface area contributed by atoms with Crippen LogP contribution in [0.25, 0.3) is 0 Å². The van der Waals surface area contributed by atoms with Gasteiger partial charge in [0.1, 0.15) is 5.75 Å². The Morgan fingerprint density at radius 3 is 2.61 bits per heavy atom. The van der Waals surface area contributed by atoms with Crippen molar-refractivity contribution in [2.75, 3.05) is 19.1 Å². The Morgan fingerprint density at radius 1 is 1.17 bits per heavy atom. The smallest absolute Gasteiger partial charge is 0.271 e. The minimum atomic E-state index is -0.611. The van der Waals surface area contributed by atoms with E-state index in [-0.39, 0.29) is 5.91 Å². The molecule has 1 atom stereocenters. The first-order valence-electron chi connectivity index (χ1n) is 7.39. The van der Waals surface area contributed by atoms with Gasteiger partial charge in [0, 0.05) is 13.5 Å². The molecule has 0 fully saturated rings. The predicted octanol–water partition coefficient (Wildman–Crippen LogP) is 2.85. The first-order valence-corrected chi connectivity index (χ1v) is 7.39. The third kappa shape index (κ3) is 3.04. The van der Waals surface area contributed by atoms with Gasteiger partial charge in [-0.1, -0.05) is 47.6 Å². The van der Waals surface area contributed by atoms with Crippen LogP contribution in [-0.4, -0.2) is 31.9 Å². The summed E-state index contributed by atoms with van der Waals surface area (Å²) < 4.78 is 5.31. The first-order chi connectivity index (χ1) is 11.2. The molecule has 3 rings (SSSR count). The van der Waals surface area contributed by atoms with Crippen LogP contribution in [0.3, 0.4) is 0 Å². The molecule has 118 valence electrons. The molecule has 2 aromatic carbocycles. The number of oxime groups is 1. The van der Waals surface area contributed by atoms with Crippen molar-refractivity contribution in [3.8, 4) is 5.75 Å². The zero-order chi connectivity index (χ0) is 16.2. The number of carbonyl (C=O) groups is 1. The number of rotatable bonds is 4. The number of hydrogen-bond acceptors (Lipinski definition) is 4. The SMILES string of the molecule is COc1ccccc1N(C)C(=O)[C@H]1CC(c2ccccc2)=NO1. The number of likely N-dealkylation sites (N-methyl/N-ethyl adjacent to an activating group) is 1. The van der Waals surface area contributed by atoms with Crippen molar-refractivity contribution < 1.29 is 14.4 Å². The largest absolute Gasteiger partial charge is 0.495 e. The van der Waals surface area contributed by atoms with E-state index in [1.165, 1.54) is 0 Å². The van der Waals surface area contributed by atoms with Crippen molar-refractivity contribution in [3.05, 3.63) is 60.2 Å². The Morgan fingerprint density at radius 2 is 1.87 bits per heavy atom. The molecule has 0 saturated carbocycles. The molecule has 5 heteroatoms. The number of hydrogen-bond donors (Lipinski definition) is 0. The molecule has 1 aliphatic rings. The summed E-state index contributed by atoms with van der Waals surface area (Å²) in [6, 6.07) is 17.1. The van der Waals surface area contributed by atoms with Gasteiger partial charge in [-0.15, -0.1) is 0 Å². The highest BCUT2D eigenvalue weighted by molar-refractivity contribution is 6.06. The lowest BCUT2D eigenvalue weighted by molar-refractivity contribution is -0.128. The fraction of sp³-hybridized carbons (Fsp3) is 0.222. The fourth-order valence-electron chi connectivity index (χ4n) is 2.55. The number of nitrogens with zero attached hydrogens (tertiary/aromatic N) is 2. The van der Waals surface area contributed by atoms with E-state index in [4.69, 9.17) is 9.57 Å². The van der Waals surface area contributed by atoms with Gasteiger partial charge in [-0.05, 0) is 17.7 Å². The summed E-state index contributed by atoms with van der Waals surface area (Å²) in [5.74, 6) is 0.495. The number of ether oxygens (including phenoxy) is 1. The molecule has 0 bridgehead atoms. The van der Waals surface area contributed by atoms with Gasteiger partial charge in [0.25, 0.3) is 5.91 Å². The summed E-state index contributed by atoms with van der Waals surface area (Å²) in [6.45, 7) is 0. The summed E-state index contributed by atoms with van der Waals surface area (Å²) in [6.07, 6.45) is -0.150. The lowest BCUT2D eigenvalue weighted by Gasteiger charge is -2.21. The molecule has 0 aromatic heterocycles. The van der Waals surface area contributed by atoms with Crippen molar-refractivity contribution >= 4 is 17.3 Å². The molecule has 1 amide bonds. The van der Waals surface area contributed by atoms with Gasteiger partial charge < -0.3 is 14.5 Å². The molecular weight excluding hydrogens is 292 g/mol. The third-order valence-corrected chi connectivity index (χ3v) is 3.83. The maximum absolute atomic E-state index is 12.7. The summed E-state index contributed by atoms with van der Waals surface area (Å²) in [4.78, 5) is 19.6. The van der Waals surface area contributed by atoms with Gasteiger partial charge in [-0.2, -0.15) is 0 Å². The second-order valence-electron chi connectivity index (χ2n) is 5.27. The van der Waals surface area contributed by atoms with E-state index < -0.39 is 6.10 Å². The van der Waals surface area contributed by atoms with Crippen LogP contribution in [0.4, 0.5) is 5.69 Å². The van der Waals surface area contributed by atoms with Crippen LogP contribution in [0.15, 0.2) is 59.8 Å². The molecule has 0 N–H and O–H groups in total. The van der Waals surface area contributed by atoms with Gasteiger partial charge in [-0.25, -0.2) is 0 Å². The van der Waals surface area contributed by atoms with Crippen LogP contribution in [0, 0.1) is 0 Å². The maximum atomic E-state index is 12.7. The van der Waals surface area contributed by atoms with E-state index in [0.717, 1.165) is 11.3 Å². The van der Waals surface area contributed by atoms with E-state index in [0.29, 0.717) is 17.9 Å². The summed E-state index contributed by atoms with van der Waals surface area (Å²) >= 11 is 0. The normalized spacial score (nSPS) is 16.4. The Hall–Kier alpha value is -2.82. The number of carbonyl (C=O) groups excluding carboxylic acids is 1. The number of para-hydroxylation sites is 2. The number of anilines is 1. The van der Waals surface area contributed by atoms with E-state index >= 15 is 0 Å². The molecular formula is C18H18N2O3. The first kappa shape index (κ1) is 15.1. The van der Waals surface area contributed by atoms with Crippen molar-refractivity contribution in [2.24, 2.45) is 5.16 Å². The van der Waals surface area contributed by atoms with Crippen molar-refractivity contribution in [1.29, 1.82) is 0 Å². The monoisotopic (exact) mass is 310 g/mol. The standard InChI is InChI=1S/C18H18N2O3/c1-20(15-10-6-7-11-16(15)22-2)18(21)17-12-14(19-23-17)13-8-4-3-5-9-13/h3-11,17H,12H2,1-2H3/t17-/m1/s1. The molecule has 1 heterocycles. The Kier molecular flexibility index (Phi) is 4.28. The molecule has 2 aromatic rings. The maximum Gasteiger partial charge on any atom is 0.271 e. The van der Waals surface area contributed by atoms with Gasteiger partial charge in [0.2, 0.25) is 6.10 Å². The Balaban J connectivity index is 1.73. The lowest BCUT2D eigenvalue weighted by Crippen LogP contribution is -2.36. The zero-order valence-corrected chi connectivity index (χ0v) is 13.1. The summed E-state index contributed by atoms with van der Waals surface area (Å²) in [5, 5.41) is 4.07. The van der Waals surface area contributed by atoms with Gasteiger partial charge >= 0.3 is 0 Å². The van der Waals surface area contributed by atoms with E-state index in [1.807, 2.05) is 54.6 Å². The van der Waals surface area contributed by atoms with Gasteiger partial charge in [0.15, 0.2) is 0 Å². The summed E-state index contributed by atoms with van der Waals surface area (Å²) in [7, 11) is 3.30. The molecule has 1 aliphatic heterocycles. The average molecular weight is 310 g/mol. The van der Waals surface area contributed by atoms with E-state index in [2.05, 4.69) is 5.16 Å². The van der Waals surface area contributed by atoms with Crippen LogP contribution >= 0.6 is 0 Å². The van der Waals surface area contributed by atoms with Crippen molar-refractivity contribution in [2.45, 2.75) is 12.5 Å². The summed E-state index contributed by atoms with van der Waals surface area (Å²) in [5.41, 5.74) is 2.47. The lowest BCUT2D eigenvalue weighted by atomic mass is 10.0. The van der Waals surface area contributed by atoms with E-state index in [9.17, 15) is 4.79 Å². The van der Waals surface area contributed by atoms with Crippen LogP contribution in [0.2, 0.25) is 0 Å². The van der Waals surface area contributed by atoms with Crippen molar-refractivity contribution in [3.63, 3.8) is 0 Å². The third-order valence-electron chi connectivity index (χ3n) is 3.83. The second-order valence-corrected chi connectivity index (χ2v) is 5.27. The highest BCUT2D eigenvalue weighted by Crippen LogP contribution is 2.28. The van der Waals surface area contributed by atoms with E-state index in [1.54, 1.807) is 19.1 Å². The second kappa shape index (κ2) is 6.52. The minimum absolute atomic E-state index is 0.149. The molecule has 5 nitrogen and oxygen atoms in total. The molecule has 0 saturated heterocycles. The molecule has 0 unspecified atom stereocenters. The Labute approximate surface area is 135 Å². The molecule has 23 heavy (non-hydrogen) atoms. The molecule has 0 spiro atoms. The zero-order valence-electron chi connectivity index (χ0n) is 13.1. The highest BCUT2D eigenvalue weighted by Gasteiger charge is 2.32. The molecule has 0 radical (unpaired) electrons. The average Bonchev–Trinajstić information content (AvgIpc) is 3.11. The quantitative estimate of drug-likeness (QED) is 0.872. The number of methoxy groups -OCH3 is 1. The van der Waals surface area contributed by atoms with Crippen LogP contribution in [0.5, 0.6) is 5.75 Å². The van der Waals surface area contributed by atoms with Crippen LogP contribution in [-0.2, 0) is 9.63 Å². The minimum Gasteiger partial charge on any atom is -0.495 e. The van der Waals surface area contributed by atoms with Gasteiger partial charge in [-0.3, -0.25) is 4.79 Å². The fourth-order valence-corrected chi connectivity index (χ4v) is 2.55. The number of amides is 1. The van der Waals surface area contributed by atoms with Crippen LogP contribution < -0.4 is 9.64 Å². The highest BCUT2D eigenvalue weighted by atomic mass is 16.6.